The number of furan rings is 1. The molecule has 2 rings (SSSR count). The van der Waals surface area contributed by atoms with Crippen molar-refractivity contribution in [2.24, 2.45) is 5.73 Å². The molecule has 0 atom stereocenters. The summed E-state index contributed by atoms with van der Waals surface area (Å²) in [7, 11) is 0. The molecule has 0 aliphatic carbocycles. The number of carboxylic acids is 1. The second-order valence-electron chi connectivity index (χ2n) is 3.95. The maximum atomic E-state index is 11.7. The van der Waals surface area contributed by atoms with Crippen molar-refractivity contribution in [1.82, 2.24) is 20.3 Å². The molecule has 0 aliphatic rings. The highest BCUT2D eigenvalue weighted by Gasteiger charge is 2.11. The number of aliphatic carboxylic acids is 1. The van der Waals surface area contributed by atoms with Crippen LogP contribution in [0.1, 0.15) is 22.0 Å². The van der Waals surface area contributed by atoms with E-state index in [2.05, 4.69) is 15.6 Å². The van der Waals surface area contributed by atoms with E-state index in [1.165, 1.54) is 16.9 Å². The Labute approximate surface area is 113 Å². The van der Waals surface area contributed by atoms with E-state index in [4.69, 9.17) is 15.3 Å². The van der Waals surface area contributed by atoms with Crippen LogP contribution in [0.5, 0.6) is 0 Å². The van der Waals surface area contributed by atoms with Gasteiger partial charge in [-0.15, -0.1) is 5.10 Å². The molecule has 1 amide bonds. The van der Waals surface area contributed by atoms with E-state index in [9.17, 15) is 9.59 Å². The van der Waals surface area contributed by atoms with Crippen molar-refractivity contribution in [3.05, 3.63) is 35.5 Å². The first-order valence-electron chi connectivity index (χ1n) is 5.76. The molecule has 0 radical (unpaired) electrons. The quantitative estimate of drug-likeness (QED) is 0.638. The maximum absolute atomic E-state index is 11.7. The summed E-state index contributed by atoms with van der Waals surface area (Å²) in [5.74, 6) is -0.751. The summed E-state index contributed by atoms with van der Waals surface area (Å²) >= 11 is 0. The van der Waals surface area contributed by atoms with E-state index in [0.717, 1.165) is 0 Å². The number of carbonyl (C=O) groups excluding carboxylic acids is 1. The van der Waals surface area contributed by atoms with E-state index in [1.54, 1.807) is 6.07 Å². The van der Waals surface area contributed by atoms with Crippen molar-refractivity contribution in [1.29, 1.82) is 0 Å². The highest BCUT2D eigenvalue weighted by molar-refractivity contribution is 5.91. The lowest BCUT2D eigenvalue weighted by molar-refractivity contribution is -0.137. The van der Waals surface area contributed by atoms with E-state index < -0.39 is 11.9 Å². The zero-order chi connectivity index (χ0) is 14.5. The summed E-state index contributed by atoms with van der Waals surface area (Å²) in [6, 6.07) is 3.15. The standard InChI is InChI=1S/C11H13N5O4/c12-3-8-1-2-9(20-8)11(19)13-4-7-5-16(15-14-7)6-10(17)18/h1-2,5H,3-4,6,12H2,(H,13,19)(H,17,18). The van der Waals surface area contributed by atoms with E-state index in [-0.39, 0.29) is 25.4 Å². The van der Waals surface area contributed by atoms with Crippen molar-refractivity contribution < 1.29 is 19.1 Å². The van der Waals surface area contributed by atoms with Crippen LogP contribution in [0.2, 0.25) is 0 Å². The van der Waals surface area contributed by atoms with Crippen LogP contribution in [0.25, 0.3) is 0 Å². The number of nitrogens with zero attached hydrogens (tertiary/aromatic N) is 3. The van der Waals surface area contributed by atoms with Crippen LogP contribution in [0.4, 0.5) is 0 Å². The molecule has 9 nitrogen and oxygen atoms in total. The highest BCUT2D eigenvalue weighted by atomic mass is 16.4. The molecular formula is C11H13N5O4. The third kappa shape index (κ3) is 3.42. The summed E-state index contributed by atoms with van der Waals surface area (Å²) in [5, 5.41) is 18.5. The maximum Gasteiger partial charge on any atom is 0.325 e. The van der Waals surface area contributed by atoms with Crippen molar-refractivity contribution in [2.75, 3.05) is 0 Å². The number of amides is 1. The number of carbonyl (C=O) groups is 2. The van der Waals surface area contributed by atoms with Gasteiger partial charge < -0.3 is 20.6 Å². The van der Waals surface area contributed by atoms with Crippen molar-refractivity contribution in [2.45, 2.75) is 19.6 Å². The Morgan fingerprint density at radius 1 is 1.45 bits per heavy atom. The highest BCUT2D eigenvalue weighted by Crippen LogP contribution is 2.07. The van der Waals surface area contributed by atoms with Crippen LogP contribution >= 0.6 is 0 Å². The Morgan fingerprint density at radius 2 is 2.25 bits per heavy atom. The Hall–Kier alpha value is -2.68. The molecule has 0 aromatic carbocycles. The minimum absolute atomic E-state index is 0.122. The first kappa shape index (κ1) is 13.7. The fourth-order valence-electron chi connectivity index (χ4n) is 1.50. The summed E-state index contributed by atoms with van der Waals surface area (Å²) in [4.78, 5) is 22.2. The number of nitrogens with one attached hydrogen (secondary N) is 1. The van der Waals surface area contributed by atoms with Crippen molar-refractivity contribution in [3.8, 4) is 0 Å². The molecule has 0 spiro atoms. The van der Waals surface area contributed by atoms with Gasteiger partial charge in [-0.2, -0.15) is 0 Å². The van der Waals surface area contributed by atoms with Gasteiger partial charge in [0.1, 0.15) is 18.0 Å². The van der Waals surface area contributed by atoms with E-state index >= 15 is 0 Å². The van der Waals surface area contributed by atoms with Gasteiger partial charge in [0.05, 0.1) is 19.3 Å². The average Bonchev–Trinajstić information content (AvgIpc) is 3.04. The molecular weight excluding hydrogens is 266 g/mol. The smallest absolute Gasteiger partial charge is 0.325 e. The Morgan fingerprint density at radius 3 is 2.90 bits per heavy atom. The summed E-state index contributed by atoms with van der Waals surface area (Å²) in [6.45, 7) is 0.0624. The van der Waals surface area contributed by atoms with Gasteiger partial charge in [0.15, 0.2) is 5.76 Å². The Kier molecular flexibility index (Phi) is 4.11. The Bertz CT molecular complexity index is 618. The number of hydrogen-bond acceptors (Lipinski definition) is 6. The normalized spacial score (nSPS) is 10.4. The number of hydrogen-bond donors (Lipinski definition) is 3. The van der Waals surface area contributed by atoms with Gasteiger partial charge in [0, 0.05) is 0 Å². The SMILES string of the molecule is NCc1ccc(C(=O)NCc2cn(CC(=O)O)nn2)o1. The zero-order valence-electron chi connectivity index (χ0n) is 10.4. The molecule has 0 saturated carbocycles. The molecule has 0 fully saturated rings. The number of carboxylic acid groups (broad SMARTS) is 1. The second kappa shape index (κ2) is 5.97. The van der Waals surface area contributed by atoms with Crippen LogP contribution in [-0.2, 0) is 24.4 Å². The monoisotopic (exact) mass is 279 g/mol. The van der Waals surface area contributed by atoms with Crippen molar-refractivity contribution >= 4 is 11.9 Å². The second-order valence-corrected chi connectivity index (χ2v) is 3.95. The largest absolute Gasteiger partial charge is 0.480 e. The molecule has 0 saturated heterocycles. The van der Waals surface area contributed by atoms with Crippen LogP contribution in [0, 0.1) is 0 Å². The number of aromatic nitrogens is 3. The summed E-state index contributed by atoms with van der Waals surface area (Å²) < 4.78 is 6.35. The third-order valence-corrected chi connectivity index (χ3v) is 2.40. The van der Waals surface area contributed by atoms with Gasteiger partial charge in [-0.1, -0.05) is 5.21 Å². The molecule has 106 valence electrons. The van der Waals surface area contributed by atoms with Crippen LogP contribution in [0.15, 0.2) is 22.7 Å². The molecule has 9 heteroatoms. The van der Waals surface area contributed by atoms with Crippen LogP contribution < -0.4 is 11.1 Å². The van der Waals surface area contributed by atoms with Gasteiger partial charge >= 0.3 is 5.97 Å². The summed E-state index contributed by atoms with van der Waals surface area (Å²) in [5.41, 5.74) is 5.83. The first-order valence-corrected chi connectivity index (χ1v) is 5.76. The third-order valence-electron chi connectivity index (χ3n) is 2.40. The first-order chi connectivity index (χ1) is 9.58. The fraction of sp³-hybridized carbons (Fsp3) is 0.273. The molecule has 2 aromatic heterocycles. The van der Waals surface area contributed by atoms with Gasteiger partial charge in [0.2, 0.25) is 0 Å². The van der Waals surface area contributed by atoms with Gasteiger partial charge in [-0.25, -0.2) is 4.68 Å². The molecule has 2 heterocycles. The fourth-order valence-corrected chi connectivity index (χ4v) is 1.50. The lowest BCUT2D eigenvalue weighted by Gasteiger charge is -1.99. The predicted molar refractivity (Wildman–Crippen MR) is 65.4 cm³/mol. The van der Waals surface area contributed by atoms with Gasteiger partial charge in [0.25, 0.3) is 5.91 Å². The van der Waals surface area contributed by atoms with Crippen molar-refractivity contribution in [3.63, 3.8) is 0 Å². The molecule has 0 unspecified atom stereocenters. The molecule has 20 heavy (non-hydrogen) atoms. The Balaban J connectivity index is 1.89. The zero-order valence-corrected chi connectivity index (χ0v) is 10.4. The number of rotatable bonds is 6. The van der Waals surface area contributed by atoms with E-state index in [1.807, 2.05) is 0 Å². The lowest BCUT2D eigenvalue weighted by atomic mass is 10.4. The van der Waals surface area contributed by atoms with Gasteiger partial charge in [-0.3, -0.25) is 9.59 Å². The lowest BCUT2D eigenvalue weighted by Crippen LogP contribution is -2.22. The average molecular weight is 279 g/mol. The molecule has 4 N–H and O–H groups in total. The molecule has 0 bridgehead atoms. The molecule has 0 aliphatic heterocycles. The number of nitrogens with two attached hydrogens (primary N) is 1. The van der Waals surface area contributed by atoms with Gasteiger partial charge in [-0.05, 0) is 12.1 Å². The topological polar surface area (TPSA) is 136 Å². The van der Waals surface area contributed by atoms with Crippen LogP contribution in [0.3, 0.4) is 0 Å². The predicted octanol–water partition coefficient (Wildman–Crippen LogP) is -0.656. The summed E-state index contributed by atoms with van der Waals surface area (Å²) in [6.07, 6.45) is 1.45. The van der Waals surface area contributed by atoms with Crippen LogP contribution in [-0.4, -0.2) is 32.0 Å². The molecule has 2 aromatic rings. The minimum Gasteiger partial charge on any atom is -0.480 e. The minimum atomic E-state index is -1.02. The van der Waals surface area contributed by atoms with E-state index in [0.29, 0.717) is 11.5 Å².